The van der Waals surface area contributed by atoms with E-state index in [1.165, 1.54) is 22.3 Å². The van der Waals surface area contributed by atoms with Crippen molar-refractivity contribution in [2.75, 3.05) is 4.90 Å². The highest BCUT2D eigenvalue weighted by molar-refractivity contribution is 6.24. The predicted molar refractivity (Wildman–Crippen MR) is 195 cm³/mol. The lowest BCUT2D eigenvalue weighted by Gasteiger charge is -2.26. The van der Waals surface area contributed by atoms with Crippen LogP contribution in [0.3, 0.4) is 0 Å². The monoisotopic (exact) mass is 588 g/mol. The van der Waals surface area contributed by atoms with Gasteiger partial charge in [0.1, 0.15) is 0 Å². The Kier molecular flexibility index (Phi) is 5.69. The Labute approximate surface area is 271 Å². The lowest BCUT2D eigenvalue weighted by molar-refractivity contribution is 1.17. The van der Waals surface area contributed by atoms with E-state index in [0.717, 1.165) is 55.3 Å². The van der Waals surface area contributed by atoms with Crippen molar-refractivity contribution in [3.8, 4) is 27.9 Å². The molecule has 0 radical (unpaired) electrons. The summed E-state index contributed by atoms with van der Waals surface area (Å²) in [5.74, 6) is 0. The van der Waals surface area contributed by atoms with E-state index in [1.807, 2.05) is 36.4 Å². The molecule has 0 saturated heterocycles. The molecule has 0 N–H and O–H groups in total. The molecule has 0 aliphatic rings. The fraction of sp³-hybridized carbons (Fsp3) is 0. The molecule has 0 amide bonds. The maximum atomic E-state index is 8.55. The highest BCUT2D eigenvalue weighted by Crippen LogP contribution is 2.40. The van der Waals surface area contributed by atoms with Crippen LogP contribution in [0.4, 0.5) is 17.1 Å². The summed E-state index contributed by atoms with van der Waals surface area (Å²) in [6.45, 7) is 0. The third-order valence-corrected chi connectivity index (χ3v) is 9.01. The maximum absolute atomic E-state index is 8.55. The summed E-state index contributed by atoms with van der Waals surface area (Å²) in [5.41, 5.74) is 10.9. The van der Waals surface area contributed by atoms with Gasteiger partial charge < -0.3 is 9.47 Å². The maximum Gasteiger partial charge on any atom is 0.0624 e. The van der Waals surface area contributed by atoms with Gasteiger partial charge in [0.05, 0.1) is 13.8 Å². The molecule has 0 aliphatic carbocycles. The fourth-order valence-corrected chi connectivity index (χ4v) is 6.82. The Hall–Kier alpha value is -6.12. The van der Waals surface area contributed by atoms with Gasteiger partial charge in [0.2, 0.25) is 0 Å². The third-order valence-electron chi connectivity index (χ3n) is 9.01. The standard InChI is InChI=1S/C44H30N2/c1-3-9-31(10-4-1)33-19-23-37(24-20-33)45(38-25-21-34(22-26-38)32-11-5-2-6-12-32)39-27-29-40(30-28-39)46-41-15-7-13-35-17-18-36-14-8-16-42(46)44(36)43(35)41/h1-30H/i7D,8D. The minimum Gasteiger partial charge on any atom is -0.311 e. The van der Waals surface area contributed by atoms with Crippen LogP contribution in [0.1, 0.15) is 2.74 Å². The molecular formula is C44H30N2. The molecule has 0 atom stereocenters. The van der Waals surface area contributed by atoms with Gasteiger partial charge in [-0.25, -0.2) is 0 Å². The van der Waals surface area contributed by atoms with Gasteiger partial charge in [-0.15, -0.1) is 0 Å². The number of nitrogens with zero attached hydrogens (tertiary/aromatic N) is 2. The molecule has 9 rings (SSSR count). The second-order valence-electron chi connectivity index (χ2n) is 11.7. The van der Waals surface area contributed by atoms with Crippen molar-refractivity contribution in [2.45, 2.75) is 0 Å². The van der Waals surface area contributed by atoms with Crippen LogP contribution in [0.25, 0.3) is 60.5 Å². The van der Waals surface area contributed by atoms with Crippen LogP contribution in [0.5, 0.6) is 0 Å². The first-order valence-corrected chi connectivity index (χ1v) is 15.6. The molecule has 0 saturated carbocycles. The molecule has 0 fully saturated rings. The van der Waals surface area contributed by atoms with E-state index in [-0.39, 0.29) is 0 Å². The third kappa shape index (κ3) is 4.35. The molecule has 0 spiro atoms. The first kappa shape index (κ1) is 24.2. The molecule has 46 heavy (non-hydrogen) atoms. The zero-order valence-corrected chi connectivity index (χ0v) is 25.1. The number of benzene rings is 8. The Bertz CT molecular complexity index is 2380. The lowest BCUT2D eigenvalue weighted by Crippen LogP contribution is -2.10. The topological polar surface area (TPSA) is 8.17 Å². The molecule has 0 unspecified atom stereocenters. The van der Waals surface area contributed by atoms with Crippen LogP contribution < -0.4 is 4.90 Å². The van der Waals surface area contributed by atoms with Crippen LogP contribution in [0.2, 0.25) is 0 Å². The molecule has 1 aromatic heterocycles. The van der Waals surface area contributed by atoms with Gasteiger partial charge in [0.15, 0.2) is 0 Å². The lowest BCUT2D eigenvalue weighted by atomic mass is 10.0. The van der Waals surface area contributed by atoms with Crippen LogP contribution in [-0.4, -0.2) is 4.57 Å². The van der Waals surface area contributed by atoms with E-state index in [0.29, 0.717) is 12.1 Å². The Morgan fingerprint density at radius 2 is 0.761 bits per heavy atom. The average Bonchev–Trinajstić information content (AvgIpc) is 3.46. The van der Waals surface area contributed by atoms with Gasteiger partial charge in [-0.3, -0.25) is 0 Å². The molecule has 0 bridgehead atoms. The summed E-state index contributed by atoms with van der Waals surface area (Å²) in [6, 6.07) is 59.8. The summed E-state index contributed by atoms with van der Waals surface area (Å²) in [7, 11) is 0. The Balaban J connectivity index is 1.17. The van der Waals surface area contributed by atoms with Crippen molar-refractivity contribution in [1.82, 2.24) is 4.57 Å². The fourth-order valence-electron chi connectivity index (χ4n) is 6.82. The number of rotatable bonds is 6. The van der Waals surface area contributed by atoms with E-state index in [9.17, 15) is 0 Å². The second kappa shape index (κ2) is 10.8. The van der Waals surface area contributed by atoms with Gasteiger partial charge in [0, 0.05) is 33.5 Å². The number of hydrogen-bond donors (Lipinski definition) is 0. The largest absolute Gasteiger partial charge is 0.311 e. The van der Waals surface area contributed by atoms with Gasteiger partial charge in [-0.05, 0) is 93.7 Å². The van der Waals surface area contributed by atoms with Crippen molar-refractivity contribution >= 4 is 49.6 Å². The number of aromatic nitrogens is 1. The number of hydrogen-bond acceptors (Lipinski definition) is 1. The SMILES string of the molecule is [2H]c1cc2ccc3cc([2H])cc4c3c2c(c1)n4-c1ccc(N(c2ccc(-c3ccccc3)cc2)c2ccc(-c3ccccc3)cc2)cc1. The molecule has 0 aliphatic heterocycles. The van der Waals surface area contributed by atoms with Crippen LogP contribution in [0, 0.1) is 0 Å². The van der Waals surface area contributed by atoms with E-state index in [2.05, 4.69) is 143 Å². The summed E-state index contributed by atoms with van der Waals surface area (Å²) in [4.78, 5) is 2.29. The zero-order chi connectivity index (χ0) is 32.2. The molecule has 2 heteroatoms. The van der Waals surface area contributed by atoms with E-state index >= 15 is 0 Å². The molecule has 1 heterocycles. The molecule has 8 aromatic carbocycles. The summed E-state index contributed by atoms with van der Waals surface area (Å²) >= 11 is 0. The van der Waals surface area contributed by atoms with Crippen molar-refractivity contribution in [3.05, 3.63) is 182 Å². The minimum absolute atomic E-state index is 0.474. The Morgan fingerprint density at radius 1 is 0.370 bits per heavy atom. The van der Waals surface area contributed by atoms with Gasteiger partial charge in [0.25, 0.3) is 0 Å². The molecular weight excluding hydrogens is 556 g/mol. The molecule has 216 valence electrons. The van der Waals surface area contributed by atoms with E-state index in [4.69, 9.17) is 2.74 Å². The summed E-state index contributed by atoms with van der Waals surface area (Å²) in [6.07, 6.45) is 0. The summed E-state index contributed by atoms with van der Waals surface area (Å²) < 4.78 is 19.3. The van der Waals surface area contributed by atoms with Gasteiger partial charge in [-0.2, -0.15) is 0 Å². The number of anilines is 3. The van der Waals surface area contributed by atoms with Crippen LogP contribution in [-0.2, 0) is 0 Å². The molecule has 9 aromatic rings. The van der Waals surface area contributed by atoms with Crippen LogP contribution in [0.15, 0.2) is 182 Å². The molecule has 2 nitrogen and oxygen atoms in total. The Morgan fingerprint density at radius 3 is 1.20 bits per heavy atom. The van der Waals surface area contributed by atoms with Crippen molar-refractivity contribution < 1.29 is 2.74 Å². The highest BCUT2D eigenvalue weighted by Gasteiger charge is 2.18. The minimum atomic E-state index is 0.474. The van der Waals surface area contributed by atoms with Gasteiger partial charge in [-0.1, -0.05) is 121 Å². The second-order valence-corrected chi connectivity index (χ2v) is 11.7. The first-order valence-electron chi connectivity index (χ1n) is 16.6. The normalized spacial score (nSPS) is 12.1. The van der Waals surface area contributed by atoms with E-state index < -0.39 is 0 Å². The summed E-state index contributed by atoms with van der Waals surface area (Å²) in [5, 5.41) is 4.38. The zero-order valence-electron chi connectivity index (χ0n) is 27.1. The highest BCUT2D eigenvalue weighted by atomic mass is 15.1. The van der Waals surface area contributed by atoms with E-state index in [1.54, 1.807) is 0 Å². The van der Waals surface area contributed by atoms with Crippen molar-refractivity contribution in [1.29, 1.82) is 0 Å². The quantitative estimate of drug-likeness (QED) is 0.175. The smallest absolute Gasteiger partial charge is 0.0624 e. The van der Waals surface area contributed by atoms with Crippen LogP contribution >= 0.6 is 0 Å². The predicted octanol–water partition coefficient (Wildman–Crippen LogP) is 12.2. The van der Waals surface area contributed by atoms with Crippen molar-refractivity contribution in [3.63, 3.8) is 0 Å². The van der Waals surface area contributed by atoms with Crippen molar-refractivity contribution in [2.24, 2.45) is 0 Å². The average molecular weight is 589 g/mol. The first-order chi connectivity index (χ1) is 23.6. The van der Waals surface area contributed by atoms with Gasteiger partial charge >= 0.3 is 0 Å².